The molecular formula is C11H10Br2N2S. The molecule has 0 saturated carbocycles. The molecule has 84 valence electrons. The molecule has 0 aliphatic heterocycles. The standard InChI is InChI=1S/C11H10Br2N2S/c12-8-1-7(4-15-5-8)2-10(14)11-3-9(13)6-16-11/h1,3-6,10H,2,14H2. The molecule has 0 fully saturated rings. The highest BCUT2D eigenvalue weighted by atomic mass is 79.9. The zero-order valence-corrected chi connectivity index (χ0v) is 12.3. The first kappa shape index (κ1) is 12.2. The van der Waals surface area contributed by atoms with Crippen LogP contribution in [-0.4, -0.2) is 4.98 Å². The average Bonchev–Trinajstić information content (AvgIpc) is 2.65. The van der Waals surface area contributed by atoms with Crippen molar-refractivity contribution in [2.24, 2.45) is 5.73 Å². The minimum atomic E-state index is 0.0346. The van der Waals surface area contributed by atoms with Crippen molar-refractivity contribution in [3.05, 3.63) is 49.3 Å². The molecule has 5 heteroatoms. The first-order chi connectivity index (χ1) is 7.65. The normalized spacial score (nSPS) is 12.7. The lowest BCUT2D eigenvalue weighted by Gasteiger charge is -2.09. The molecule has 2 aromatic heterocycles. The van der Waals surface area contributed by atoms with Gasteiger partial charge in [0.15, 0.2) is 0 Å². The molecule has 2 nitrogen and oxygen atoms in total. The lowest BCUT2D eigenvalue weighted by Crippen LogP contribution is -2.11. The molecule has 0 aliphatic carbocycles. The van der Waals surface area contributed by atoms with E-state index in [4.69, 9.17) is 5.73 Å². The van der Waals surface area contributed by atoms with Gasteiger partial charge < -0.3 is 5.73 Å². The van der Waals surface area contributed by atoms with Gasteiger partial charge >= 0.3 is 0 Å². The third-order valence-electron chi connectivity index (χ3n) is 2.17. The van der Waals surface area contributed by atoms with Gasteiger partial charge in [0, 0.05) is 37.6 Å². The molecule has 1 atom stereocenters. The summed E-state index contributed by atoms with van der Waals surface area (Å²) >= 11 is 8.51. The zero-order chi connectivity index (χ0) is 11.5. The van der Waals surface area contributed by atoms with Gasteiger partial charge in [-0.25, -0.2) is 0 Å². The second-order valence-corrected chi connectivity index (χ2v) is 6.26. The van der Waals surface area contributed by atoms with Crippen molar-refractivity contribution in [1.82, 2.24) is 4.98 Å². The Morgan fingerprint density at radius 1 is 1.25 bits per heavy atom. The topological polar surface area (TPSA) is 38.9 Å². The smallest absolute Gasteiger partial charge is 0.0431 e. The van der Waals surface area contributed by atoms with Gasteiger partial charge in [0.25, 0.3) is 0 Å². The lowest BCUT2D eigenvalue weighted by atomic mass is 10.1. The predicted molar refractivity (Wildman–Crippen MR) is 74.6 cm³/mol. The summed E-state index contributed by atoms with van der Waals surface area (Å²) in [6.07, 6.45) is 4.43. The van der Waals surface area contributed by atoms with Gasteiger partial charge in [0.05, 0.1) is 0 Å². The molecule has 2 heterocycles. The van der Waals surface area contributed by atoms with E-state index in [2.05, 4.69) is 49.0 Å². The Labute approximate surface area is 115 Å². The molecule has 0 spiro atoms. The number of aromatic nitrogens is 1. The van der Waals surface area contributed by atoms with Crippen LogP contribution < -0.4 is 5.73 Å². The number of thiophene rings is 1. The van der Waals surface area contributed by atoms with Crippen LogP contribution in [-0.2, 0) is 6.42 Å². The molecule has 0 saturated heterocycles. The number of rotatable bonds is 3. The van der Waals surface area contributed by atoms with Crippen molar-refractivity contribution in [3.8, 4) is 0 Å². The molecular weight excluding hydrogens is 352 g/mol. The number of hydrogen-bond donors (Lipinski definition) is 1. The van der Waals surface area contributed by atoms with Gasteiger partial charge in [-0.05, 0) is 56.0 Å². The summed E-state index contributed by atoms with van der Waals surface area (Å²) in [7, 11) is 0. The van der Waals surface area contributed by atoms with Crippen LogP contribution in [0.2, 0.25) is 0 Å². The molecule has 2 N–H and O–H groups in total. The highest BCUT2D eigenvalue weighted by molar-refractivity contribution is 9.10. The molecule has 1 unspecified atom stereocenters. The Kier molecular flexibility index (Phi) is 4.13. The van der Waals surface area contributed by atoms with E-state index in [1.165, 1.54) is 4.88 Å². The summed E-state index contributed by atoms with van der Waals surface area (Å²) < 4.78 is 2.08. The van der Waals surface area contributed by atoms with Crippen molar-refractivity contribution in [2.45, 2.75) is 12.5 Å². The third kappa shape index (κ3) is 3.13. The Morgan fingerprint density at radius 2 is 2.06 bits per heavy atom. The minimum absolute atomic E-state index is 0.0346. The van der Waals surface area contributed by atoms with Crippen molar-refractivity contribution in [3.63, 3.8) is 0 Å². The fourth-order valence-corrected chi connectivity index (χ4v) is 3.31. The van der Waals surface area contributed by atoms with E-state index in [9.17, 15) is 0 Å². The highest BCUT2D eigenvalue weighted by Crippen LogP contribution is 2.26. The van der Waals surface area contributed by atoms with E-state index in [0.717, 1.165) is 20.9 Å². The quantitative estimate of drug-likeness (QED) is 0.899. The molecule has 0 radical (unpaired) electrons. The molecule has 2 aromatic rings. The predicted octanol–water partition coefficient (Wildman–Crippen LogP) is 3.91. The summed E-state index contributed by atoms with van der Waals surface area (Å²) in [5, 5.41) is 2.05. The Balaban J connectivity index is 2.10. The number of nitrogens with zero attached hydrogens (tertiary/aromatic N) is 1. The van der Waals surface area contributed by atoms with Crippen molar-refractivity contribution in [2.75, 3.05) is 0 Å². The molecule has 0 amide bonds. The van der Waals surface area contributed by atoms with Crippen LogP contribution in [0, 0.1) is 0 Å². The Hall–Kier alpha value is -0.230. The molecule has 0 aliphatic rings. The fraction of sp³-hybridized carbons (Fsp3) is 0.182. The van der Waals surface area contributed by atoms with Crippen molar-refractivity contribution >= 4 is 43.2 Å². The summed E-state index contributed by atoms with van der Waals surface area (Å²) in [6, 6.07) is 4.16. The van der Waals surface area contributed by atoms with E-state index < -0.39 is 0 Å². The first-order valence-electron chi connectivity index (χ1n) is 4.74. The molecule has 0 bridgehead atoms. The average molecular weight is 362 g/mol. The van der Waals surface area contributed by atoms with Crippen LogP contribution in [0.15, 0.2) is 38.9 Å². The van der Waals surface area contributed by atoms with Crippen LogP contribution in [0.1, 0.15) is 16.5 Å². The highest BCUT2D eigenvalue weighted by Gasteiger charge is 2.09. The van der Waals surface area contributed by atoms with Gasteiger partial charge in [-0.1, -0.05) is 0 Å². The van der Waals surface area contributed by atoms with Crippen LogP contribution in [0.4, 0.5) is 0 Å². The van der Waals surface area contributed by atoms with E-state index in [0.29, 0.717) is 0 Å². The van der Waals surface area contributed by atoms with Crippen LogP contribution in [0.5, 0.6) is 0 Å². The second-order valence-electron chi connectivity index (χ2n) is 3.49. The molecule has 16 heavy (non-hydrogen) atoms. The van der Waals surface area contributed by atoms with Crippen LogP contribution in [0.25, 0.3) is 0 Å². The van der Waals surface area contributed by atoms with E-state index in [1.54, 1.807) is 17.5 Å². The van der Waals surface area contributed by atoms with Crippen molar-refractivity contribution < 1.29 is 0 Å². The summed E-state index contributed by atoms with van der Waals surface area (Å²) in [6.45, 7) is 0. The SMILES string of the molecule is NC(Cc1cncc(Br)c1)c1cc(Br)cs1. The molecule has 2 rings (SSSR count). The largest absolute Gasteiger partial charge is 0.323 e. The number of hydrogen-bond acceptors (Lipinski definition) is 3. The summed E-state index contributed by atoms with van der Waals surface area (Å²) in [4.78, 5) is 5.31. The summed E-state index contributed by atoms with van der Waals surface area (Å²) in [5.41, 5.74) is 7.28. The van der Waals surface area contributed by atoms with E-state index in [1.807, 2.05) is 11.6 Å². The van der Waals surface area contributed by atoms with Gasteiger partial charge in [-0.15, -0.1) is 11.3 Å². The van der Waals surface area contributed by atoms with Gasteiger partial charge in [-0.3, -0.25) is 4.98 Å². The maximum Gasteiger partial charge on any atom is 0.0431 e. The zero-order valence-electron chi connectivity index (χ0n) is 8.36. The van der Waals surface area contributed by atoms with Crippen LogP contribution >= 0.6 is 43.2 Å². The van der Waals surface area contributed by atoms with Crippen LogP contribution in [0.3, 0.4) is 0 Å². The number of pyridine rings is 1. The number of halogens is 2. The van der Waals surface area contributed by atoms with Gasteiger partial charge in [-0.2, -0.15) is 0 Å². The second kappa shape index (κ2) is 5.40. The minimum Gasteiger partial charge on any atom is -0.323 e. The monoisotopic (exact) mass is 360 g/mol. The van der Waals surface area contributed by atoms with E-state index >= 15 is 0 Å². The third-order valence-corrected chi connectivity index (χ3v) is 4.43. The van der Waals surface area contributed by atoms with Crippen molar-refractivity contribution in [1.29, 1.82) is 0 Å². The maximum absolute atomic E-state index is 6.14. The lowest BCUT2D eigenvalue weighted by molar-refractivity contribution is 0.733. The summed E-state index contributed by atoms with van der Waals surface area (Å²) in [5.74, 6) is 0. The first-order valence-corrected chi connectivity index (χ1v) is 7.20. The Bertz CT molecular complexity index is 484. The Morgan fingerprint density at radius 3 is 2.69 bits per heavy atom. The molecule has 0 aromatic carbocycles. The maximum atomic E-state index is 6.14. The number of nitrogens with two attached hydrogens (primary N) is 1. The van der Waals surface area contributed by atoms with E-state index in [-0.39, 0.29) is 6.04 Å². The van der Waals surface area contributed by atoms with Gasteiger partial charge in [0.2, 0.25) is 0 Å². The van der Waals surface area contributed by atoms with Gasteiger partial charge in [0.1, 0.15) is 0 Å². The fourth-order valence-electron chi connectivity index (χ4n) is 1.44.